The number of halogens is 1. The zero-order valence-corrected chi connectivity index (χ0v) is 20.1. The highest BCUT2D eigenvalue weighted by atomic mass is 35.5. The third-order valence-electron chi connectivity index (χ3n) is 4.90. The van der Waals surface area contributed by atoms with Crippen LogP contribution in [-0.2, 0) is 16.1 Å². The van der Waals surface area contributed by atoms with Crippen LogP contribution in [0.25, 0.3) is 0 Å². The van der Waals surface area contributed by atoms with Crippen molar-refractivity contribution in [2.75, 3.05) is 18.5 Å². The van der Waals surface area contributed by atoms with Gasteiger partial charge < -0.3 is 15.4 Å². The van der Waals surface area contributed by atoms with E-state index in [1.165, 1.54) is 4.68 Å². The summed E-state index contributed by atoms with van der Waals surface area (Å²) in [6, 6.07) is 16.2. The fourth-order valence-electron chi connectivity index (χ4n) is 3.22. The van der Waals surface area contributed by atoms with Gasteiger partial charge in [-0.25, -0.2) is 9.48 Å². The van der Waals surface area contributed by atoms with Crippen LogP contribution < -0.4 is 10.6 Å². The SMILES string of the molecule is Cc1nn(Cc2ccccc2)c(Cl)c1C(=O)OCC(=O)Nc1ccccc1C(=O)NCC(C)C. The number of nitrogens with zero attached hydrogens (tertiary/aromatic N) is 2. The molecule has 178 valence electrons. The molecular formula is C25H27ClN4O4. The topological polar surface area (TPSA) is 102 Å². The summed E-state index contributed by atoms with van der Waals surface area (Å²) in [4.78, 5) is 37.5. The minimum atomic E-state index is -0.750. The number of carbonyl (C=O) groups is 3. The summed E-state index contributed by atoms with van der Waals surface area (Å²) in [5.41, 5.74) is 2.14. The number of para-hydroxylation sites is 1. The van der Waals surface area contributed by atoms with E-state index in [9.17, 15) is 14.4 Å². The third-order valence-corrected chi connectivity index (χ3v) is 5.28. The van der Waals surface area contributed by atoms with Crippen molar-refractivity contribution >= 4 is 35.1 Å². The number of aromatic nitrogens is 2. The number of carbonyl (C=O) groups excluding carboxylic acids is 3. The molecule has 2 aromatic carbocycles. The van der Waals surface area contributed by atoms with Crippen molar-refractivity contribution in [3.8, 4) is 0 Å². The second kappa shape index (κ2) is 11.5. The first-order valence-corrected chi connectivity index (χ1v) is 11.2. The largest absolute Gasteiger partial charge is 0.452 e. The standard InChI is InChI=1S/C25H27ClN4O4/c1-16(2)13-27-24(32)19-11-7-8-12-20(19)28-21(31)15-34-25(33)22-17(3)29-30(23(22)26)14-18-9-5-4-6-10-18/h4-12,16H,13-15H2,1-3H3,(H,27,32)(H,28,31). The minimum absolute atomic E-state index is 0.110. The fourth-order valence-corrected chi connectivity index (χ4v) is 3.53. The Morgan fingerprint density at radius 2 is 1.74 bits per heavy atom. The zero-order valence-electron chi connectivity index (χ0n) is 19.3. The lowest BCUT2D eigenvalue weighted by molar-refractivity contribution is -0.119. The molecule has 9 heteroatoms. The smallest absolute Gasteiger partial charge is 0.343 e. The van der Waals surface area contributed by atoms with Crippen LogP contribution in [0.2, 0.25) is 5.15 Å². The Morgan fingerprint density at radius 3 is 2.44 bits per heavy atom. The highest BCUT2D eigenvalue weighted by Crippen LogP contribution is 2.22. The van der Waals surface area contributed by atoms with Crippen LogP contribution in [0.5, 0.6) is 0 Å². The van der Waals surface area contributed by atoms with Crippen LogP contribution in [0.15, 0.2) is 54.6 Å². The van der Waals surface area contributed by atoms with Crippen LogP contribution in [0.4, 0.5) is 5.69 Å². The van der Waals surface area contributed by atoms with Gasteiger partial charge in [0.2, 0.25) is 0 Å². The van der Waals surface area contributed by atoms with Crippen molar-refractivity contribution < 1.29 is 19.1 Å². The van der Waals surface area contributed by atoms with Gasteiger partial charge in [0.25, 0.3) is 11.8 Å². The second-order valence-corrected chi connectivity index (χ2v) is 8.53. The molecule has 0 bridgehead atoms. The molecule has 1 heterocycles. The molecule has 0 aliphatic carbocycles. The van der Waals surface area contributed by atoms with Crippen LogP contribution in [0.3, 0.4) is 0 Å². The molecule has 2 amide bonds. The normalized spacial score (nSPS) is 10.7. The number of nitrogens with one attached hydrogen (secondary N) is 2. The molecule has 0 aliphatic heterocycles. The highest BCUT2D eigenvalue weighted by molar-refractivity contribution is 6.32. The van der Waals surface area contributed by atoms with Gasteiger partial charge in [-0.15, -0.1) is 0 Å². The molecule has 0 saturated heterocycles. The van der Waals surface area contributed by atoms with E-state index in [0.29, 0.717) is 30.0 Å². The molecule has 0 fully saturated rings. The number of rotatable bonds is 9. The lowest BCUT2D eigenvalue weighted by Gasteiger charge is -2.12. The van der Waals surface area contributed by atoms with E-state index in [0.717, 1.165) is 5.56 Å². The Bertz CT molecular complexity index is 1170. The average Bonchev–Trinajstić information content (AvgIpc) is 3.09. The van der Waals surface area contributed by atoms with Crippen molar-refractivity contribution in [3.63, 3.8) is 0 Å². The molecule has 0 saturated carbocycles. The molecular weight excluding hydrogens is 456 g/mol. The quantitative estimate of drug-likeness (QED) is 0.447. The Kier molecular flexibility index (Phi) is 8.43. The van der Waals surface area contributed by atoms with Crippen molar-refractivity contribution in [1.82, 2.24) is 15.1 Å². The molecule has 0 unspecified atom stereocenters. The van der Waals surface area contributed by atoms with E-state index in [-0.39, 0.29) is 22.5 Å². The van der Waals surface area contributed by atoms with Crippen molar-refractivity contribution in [2.45, 2.75) is 27.3 Å². The van der Waals surface area contributed by atoms with E-state index < -0.39 is 18.5 Å². The first kappa shape index (κ1) is 25.0. The molecule has 8 nitrogen and oxygen atoms in total. The summed E-state index contributed by atoms with van der Waals surface area (Å²) < 4.78 is 6.69. The molecule has 0 atom stereocenters. The summed E-state index contributed by atoms with van der Waals surface area (Å²) in [5.74, 6) is -1.34. The van der Waals surface area contributed by atoms with Gasteiger partial charge in [0.1, 0.15) is 10.7 Å². The maximum absolute atomic E-state index is 12.6. The Labute approximate surface area is 203 Å². The Hall–Kier alpha value is -3.65. The maximum Gasteiger partial charge on any atom is 0.343 e. The zero-order chi connectivity index (χ0) is 24.7. The number of hydrogen-bond acceptors (Lipinski definition) is 5. The van der Waals surface area contributed by atoms with Crippen LogP contribution in [0, 0.1) is 12.8 Å². The first-order chi connectivity index (χ1) is 16.3. The molecule has 34 heavy (non-hydrogen) atoms. The maximum atomic E-state index is 12.6. The Balaban J connectivity index is 1.62. The van der Waals surface area contributed by atoms with E-state index in [1.54, 1.807) is 31.2 Å². The predicted octanol–water partition coefficient (Wildman–Crippen LogP) is 4.07. The summed E-state index contributed by atoms with van der Waals surface area (Å²) >= 11 is 6.38. The van der Waals surface area contributed by atoms with E-state index in [4.69, 9.17) is 16.3 Å². The molecule has 0 spiro atoms. The summed E-state index contributed by atoms with van der Waals surface area (Å²) in [7, 11) is 0. The highest BCUT2D eigenvalue weighted by Gasteiger charge is 2.23. The van der Waals surface area contributed by atoms with E-state index in [2.05, 4.69) is 15.7 Å². The van der Waals surface area contributed by atoms with E-state index in [1.807, 2.05) is 44.2 Å². The number of hydrogen-bond donors (Lipinski definition) is 2. The lowest BCUT2D eigenvalue weighted by atomic mass is 10.1. The first-order valence-electron chi connectivity index (χ1n) is 10.9. The monoisotopic (exact) mass is 482 g/mol. The van der Waals surface area contributed by atoms with Gasteiger partial charge in [-0.2, -0.15) is 5.10 Å². The molecule has 3 aromatic rings. The number of amides is 2. The fraction of sp³-hybridized carbons (Fsp3) is 0.280. The van der Waals surface area contributed by atoms with Gasteiger partial charge in [-0.05, 0) is 30.5 Å². The van der Waals surface area contributed by atoms with Crippen LogP contribution in [-0.4, -0.2) is 40.7 Å². The molecule has 0 radical (unpaired) electrons. The van der Waals surface area contributed by atoms with Gasteiger partial charge in [-0.3, -0.25) is 9.59 Å². The third kappa shape index (κ3) is 6.45. The summed E-state index contributed by atoms with van der Waals surface area (Å²) in [5, 5.41) is 9.90. The van der Waals surface area contributed by atoms with Crippen molar-refractivity contribution in [1.29, 1.82) is 0 Å². The van der Waals surface area contributed by atoms with Gasteiger partial charge in [0.05, 0.1) is 23.5 Å². The van der Waals surface area contributed by atoms with Crippen molar-refractivity contribution in [2.24, 2.45) is 5.92 Å². The number of benzene rings is 2. The Morgan fingerprint density at radius 1 is 1.06 bits per heavy atom. The van der Waals surface area contributed by atoms with Gasteiger partial charge in [0.15, 0.2) is 6.61 Å². The lowest BCUT2D eigenvalue weighted by Crippen LogP contribution is -2.29. The van der Waals surface area contributed by atoms with Gasteiger partial charge >= 0.3 is 5.97 Å². The van der Waals surface area contributed by atoms with Gasteiger partial charge in [0, 0.05) is 6.54 Å². The summed E-state index contributed by atoms with van der Waals surface area (Å²) in [6.07, 6.45) is 0. The molecule has 0 aliphatic rings. The molecule has 1 aromatic heterocycles. The molecule has 3 rings (SSSR count). The number of ether oxygens (including phenoxy) is 1. The number of anilines is 1. The minimum Gasteiger partial charge on any atom is -0.452 e. The van der Waals surface area contributed by atoms with Crippen molar-refractivity contribution in [3.05, 3.63) is 82.1 Å². The number of aryl methyl sites for hydroxylation is 1. The molecule has 2 N–H and O–H groups in total. The summed E-state index contributed by atoms with van der Waals surface area (Å²) in [6.45, 7) is 5.99. The van der Waals surface area contributed by atoms with Gasteiger partial charge in [-0.1, -0.05) is 67.9 Å². The second-order valence-electron chi connectivity index (χ2n) is 8.17. The average molecular weight is 483 g/mol. The van der Waals surface area contributed by atoms with E-state index >= 15 is 0 Å². The number of esters is 1. The predicted molar refractivity (Wildman–Crippen MR) is 130 cm³/mol. The van der Waals surface area contributed by atoms with Crippen LogP contribution >= 0.6 is 11.6 Å². The van der Waals surface area contributed by atoms with Crippen LogP contribution in [0.1, 0.15) is 45.8 Å².